The molecule has 80 valence electrons. The van der Waals surface area contributed by atoms with Crippen molar-refractivity contribution < 1.29 is 9.53 Å². The Hall–Kier alpha value is -1.22. The van der Waals surface area contributed by atoms with Gasteiger partial charge in [0.25, 0.3) is 0 Å². The second kappa shape index (κ2) is 6.30. The highest BCUT2D eigenvalue weighted by Crippen LogP contribution is 2.19. The summed E-state index contributed by atoms with van der Waals surface area (Å²) in [6.07, 6.45) is 0.659. The van der Waals surface area contributed by atoms with Crippen molar-refractivity contribution in [3.63, 3.8) is 0 Å². The molecule has 1 rings (SSSR count). The van der Waals surface area contributed by atoms with Crippen LogP contribution in [0.2, 0.25) is 0 Å². The van der Waals surface area contributed by atoms with E-state index in [9.17, 15) is 4.79 Å². The van der Waals surface area contributed by atoms with Gasteiger partial charge in [-0.25, -0.2) is 4.79 Å². The SMILES string of the molecule is C=C(CCSc1ccccc1)C(=O)OC. The van der Waals surface area contributed by atoms with Gasteiger partial charge >= 0.3 is 5.97 Å². The third-order valence-corrected chi connectivity index (χ3v) is 2.90. The van der Waals surface area contributed by atoms with Crippen LogP contribution < -0.4 is 0 Å². The summed E-state index contributed by atoms with van der Waals surface area (Å²) in [6, 6.07) is 10.1. The molecule has 0 heterocycles. The Bertz CT molecular complexity index is 333. The molecule has 0 unspecified atom stereocenters. The Morgan fingerprint density at radius 2 is 2.07 bits per heavy atom. The second-order valence-corrected chi connectivity index (χ2v) is 4.17. The number of carbonyl (C=O) groups excluding carboxylic acids is 1. The molecule has 0 saturated heterocycles. The molecule has 0 radical (unpaired) electrons. The van der Waals surface area contributed by atoms with Gasteiger partial charge in [-0.1, -0.05) is 24.8 Å². The molecule has 1 aromatic carbocycles. The number of rotatable bonds is 5. The predicted molar refractivity (Wildman–Crippen MR) is 62.9 cm³/mol. The molecule has 0 bridgehead atoms. The van der Waals surface area contributed by atoms with E-state index in [2.05, 4.69) is 11.3 Å². The standard InChI is InChI=1S/C12H14O2S/c1-10(12(13)14-2)8-9-15-11-6-4-3-5-7-11/h3-7H,1,8-9H2,2H3. The number of carbonyl (C=O) groups is 1. The van der Waals surface area contributed by atoms with Gasteiger partial charge < -0.3 is 4.74 Å². The molecule has 15 heavy (non-hydrogen) atoms. The second-order valence-electron chi connectivity index (χ2n) is 3.01. The molecule has 0 aliphatic carbocycles. The van der Waals surface area contributed by atoms with Crippen LogP contribution in [0.4, 0.5) is 0 Å². The van der Waals surface area contributed by atoms with Gasteiger partial charge in [-0.3, -0.25) is 0 Å². The third-order valence-electron chi connectivity index (χ3n) is 1.89. The van der Waals surface area contributed by atoms with Crippen LogP contribution in [0.5, 0.6) is 0 Å². The van der Waals surface area contributed by atoms with E-state index in [-0.39, 0.29) is 5.97 Å². The van der Waals surface area contributed by atoms with E-state index in [1.807, 2.05) is 30.3 Å². The maximum atomic E-state index is 11.0. The van der Waals surface area contributed by atoms with E-state index in [0.29, 0.717) is 12.0 Å². The fourth-order valence-electron chi connectivity index (χ4n) is 1.06. The molecule has 0 spiro atoms. The van der Waals surface area contributed by atoms with Crippen LogP contribution in [0.3, 0.4) is 0 Å². The van der Waals surface area contributed by atoms with E-state index in [4.69, 9.17) is 0 Å². The molecule has 0 atom stereocenters. The molecular weight excluding hydrogens is 208 g/mol. The highest BCUT2D eigenvalue weighted by molar-refractivity contribution is 7.99. The summed E-state index contributed by atoms with van der Waals surface area (Å²) >= 11 is 1.71. The van der Waals surface area contributed by atoms with Crippen LogP contribution in [-0.2, 0) is 9.53 Å². The molecule has 1 aromatic rings. The molecule has 3 heteroatoms. The van der Waals surface area contributed by atoms with Gasteiger partial charge in [-0.05, 0) is 18.6 Å². The summed E-state index contributed by atoms with van der Waals surface area (Å²) in [5.41, 5.74) is 0.529. The number of benzene rings is 1. The quantitative estimate of drug-likeness (QED) is 0.435. The molecule has 0 fully saturated rings. The fraction of sp³-hybridized carbons (Fsp3) is 0.250. The lowest BCUT2D eigenvalue weighted by Crippen LogP contribution is -2.04. The molecule has 0 aromatic heterocycles. The zero-order valence-corrected chi connectivity index (χ0v) is 9.55. The van der Waals surface area contributed by atoms with Gasteiger partial charge in [0.1, 0.15) is 0 Å². The average Bonchev–Trinajstić information content (AvgIpc) is 2.29. The normalized spacial score (nSPS) is 9.67. The number of hydrogen-bond donors (Lipinski definition) is 0. The summed E-state index contributed by atoms with van der Waals surface area (Å²) in [4.78, 5) is 12.2. The minimum Gasteiger partial charge on any atom is -0.466 e. The first-order valence-electron chi connectivity index (χ1n) is 4.68. The zero-order chi connectivity index (χ0) is 11.1. The Labute approximate surface area is 94.3 Å². The monoisotopic (exact) mass is 222 g/mol. The van der Waals surface area contributed by atoms with E-state index >= 15 is 0 Å². The Kier molecular flexibility index (Phi) is 4.98. The van der Waals surface area contributed by atoms with Crippen molar-refractivity contribution >= 4 is 17.7 Å². The van der Waals surface area contributed by atoms with E-state index in [0.717, 1.165) is 5.75 Å². The van der Waals surface area contributed by atoms with Crippen molar-refractivity contribution in [1.29, 1.82) is 0 Å². The Morgan fingerprint density at radius 1 is 1.40 bits per heavy atom. The highest BCUT2D eigenvalue weighted by Gasteiger charge is 2.05. The van der Waals surface area contributed by atoms with Gasteiger partial charge in [0, 0.05) is 16.2 Å². The van der Waals surface area contributed by atoms with Gasteiger partial charge in [-0.2, -0.15) is 0 Å². The fourth-order valence-corrected chi connectivity index (χ4v) is 1.99. The first kappa shape index (κ1) is 11.9. The van der Waals surface area contributed by atoms with E-state index < -0.39 is 0 Å². The van der Waals surface area contributed by atoms with E-state index in [1.54, 1.807) is 11.8 Å². The van der Waals surface area contributed by atoms with Gasteiger partial charge in [0.05, 0.1) is 7.11 Å². The van der Waals surface area contributed by atoms with Crippen LogP contribution in [0.1, 0.15) is 6.42 Å². The zero-order valence-electron chi connectivity index (χ0n) is 8.73. The lowest BCUT2D eigenvalue weighted by atomic mass is 10.2. The van der Waals surface area contributed by atoms with Gasteiger partial charge in [0.2, 0.25) is 0 Å². The first-order chi connectivity index (χ1) is 7.24. The number of thioether (sulfide) groups is 1. The molecule has 0 aliphatic rings. The number of hydrogen-bond acceptors (Lipinski definition) is 3. The van der Waals surface area contributed by atoms with E-state index in [1.165, 1.54) is 12.0 Å². The molecule has 0 amide bonds. The molecule has 0 saturated carbocycles. The molecule has 0 N–H and O–H groups in total. The maximum absolute atomic E-state index is 11.0. The van der Waals surface area contributed by atoms with Gasteiger partial charge in [-0.15, -0.1) is 11.8 Å². The van der Waals surface area contributed by atoms with Crippen molar-refractivity contribution in [3.05, 3.63) is 42.5 Å². The molecule has 0 aliphatic heterocycles. The minimum atomic E-state index is -0.316. The van der Waals surface area contributed by atoms with Crippen molar-refractivity contribution in [2.75, 3.05) is 12.9 Å². The summed E-state index contributed by atoms with van der Waals surface area (Å²) < 4.78 is 4.57. The Morgan fingerprint density at radius 3 is 2.67 bits per heavy atom. The molecular formula is C12H14O2S. The predicted octanol–water partition coefficient (Wildman–Crippen LogP) is 2.90. The lowest BCUT2D eigenvalue weighted by Gasteiger charge is -2.03. The van der Waals surface area contributed by atoms with Crippen molar-refractivity contribution in [2.24, 2.45) is 0 Å². The largest absolute Gasteiger partial charge is 0.466 e. The summed E-state index contributed by atoms with van der Waals surface area (Å²) in [5.74, 6) is 0.529. The maximum Gasteiger partial charge on any atom is 0.333 e. The van der Waals surface area contributed by atoms with Crippen molar-refractivity contribution in [3.8, 4) is 0 Å². The van der Waals surface area contributed by atoms with Crippen LogP contribution >= 0.6 is 11.8 Å². The Balaban J connectivity index is 2.28. The summed E-state index contributed by atoms with van der Waals surface area (Å²) in [7, 11) is 1.37. The average molecular weight is 222 g/mol. The van der Waals surface area contributed by atoms with Crippen LogP contribution in [-0.4, -0.2) is 18.8 Å². The number of methoxy groups -OCH3 is 1. The summed E-state index contributed by atoms with van der Waals surface area (Å²) in [5, 5.41) is 0. The topological polar surface area (TPSA) is 26.3 Å². The van der Waals surface area contributed by atoms with Crippen LogP contribution in [0, 0.1) is 0 Å². The number of esters is 1. The minimum absolute atomic E-state index is 0.316. The van der Waals surface area contributed by atoms with Crippen molar-refractivity contribution in [2.45, 2.75) is 11.3 Å². The van der Waals surface area contributed by atoms with Crippen LogP contribution in [0.15, 0.2) is 47.4 Å². The lowest BCUT2D eigenvalue weighted by molar-refractivity contribution is -0.136. The van der Waals surface area contributed by atoms with Crippen LogP contribution in [0.25, 0.3) is 0 Å². The third kappa shape index (κ3) is 4.21. The van der Waals surface area contributed by atoms with Crippen molar-refractivity contribution in [1.82, 2.24) is 0 Å². The smallest absolute Gasteiger partial charge is 0.333 e. The summed E-state index contributed by atoms with van der Waals surface area (Å²) in [6.45, 7) is 3.67. The highest BCUT2D eigenvalue weighted by atomic mass is 32.2. The first-order valence-corrected chi connectivity index (χ1v) is 5.66. The van der Waals surface area contributed by atoms with Gasteiger partial charge in [0.15, 0.2) is 0 Å². The molecule has 2 nitrogen and oxygen atoms in total. The number of ether oxygens (including phenoxy) is 1.